The van der Waals surface area contributed by atoms with Crippen LogP contribution >= 0.6 is 23.1 Å². The fourth-order valence-corrected chi connectivity index (χ4v) is 2.89. The first kappa shape index (κ1) is 14.0. The van der Waals surface area contributed by atoms with Crippen molar-refractivity contribution in [3.63, 3.8) is 0 Å². The number of rotatable bonds is 6. The number of nitrogens with zero attached hydrogens (tertiary/aromatic N) is 1. The van der Waals surface area contributed by atoms with E-state index >= 15 is 0 Å². The molecule has 0 aliphatic rings. The van der Waals surface area contributed by atoms with E-state index in [4.69, 9.17) is 0 Å². The number of hydrogen-bond acceptors (Lipinski definition) is 4. The molecule has 0 aromatic carbocycles. The number of hydrogen-bond donors (Lipinski definition) is 1. The van der Waals surface area contributed by atoms with Crippen LogP contribution in [0, 0.1) is 0 Å². The lowest BCUT2D eigenvalue weighted by atomic mass is 10.3. The van der Waals surface area contributed by atoms with Gasteiger partial charge in [0.25, 0.3) is 0 Å². The van der Waals surface area contributed by atoms with Crippen LogP contribution in [-0.2, 0) is 12.3 Å². The number of thiazole rings is 1. The second kappa shape index (κ2) is 6.62. The van der Waals surface area contributed by atoms with Gasteiger partial charge in [0.15, 0.2) is 0 Å². The summed E-state index contributed by atoms with van der Waals surface area (Å²) in [6.07, 6.45) is 3.19. The van der Waals surface area contributed by atoms with E-state index in [1.165, 1.54) is 16.3 Å². The van der Waals surface area contributed by atoms with Crippen molar-refractivity contribution >= 4 is 23.1 Å². The minimum Gasteiger partial charge on any atom is -0.312 e. The average Bonchev–Trinajstić information content (AvgIpc) is 2.62. The SMILES string of the molecule is CCCNCc1cnc(CSC(C)(C)C)s1. The van der Waals surface area contributed by atoms with Gasteiger partial charge < -0.3 is 5.32 Å². The van der Waals surface area contributed by atoms with Gasteiger partial charge in [0.1, 0.15) is 5.01 Å². The van der Waals surface area contributed by atoms with Crippen LogP contribution in [0.3, 0.4) is 0 Å². The first-order valence-corrected chi connectivity index (χ1v) is 7.59. The molecular formula is C12H22N2S2. The van der Waals surface area contributed by atoms with E-state index in [-0.39, 0.29) is 0 Å². The lowest BCUT2D eigenvalue weighted by molar-refractivity contribution is 0.681. The van der Waals surface area contributed by atoms with Crippen LogP contribution in [0.4, 0.5) is 0 Å². The highest BCUT2D eigenvalue weighted by Gasteiger charge is 2.12. The van der Waals surface area contributed by atoms with Crippen molar-refractivity contribution in [1.82, 2.24) is 10.3 Å². The van der Waals surface area contributed by atoms with Crippen LogP contribution in [-0.4, -0.2) is 16.3 Å². The van der Waals surface area contributed by atoms with Gasteiger partial charge in [-0.15, -0.1) is 23.1 Å². The molecule has 0 saturated heterocycles. The van der Waals surface area contributed by atoms with Gasteiger partial charge in [0, 0.05) is 28.1 Å². The molecule has 4 heteroatoms. The molecule has 1 heterocycles. The van der Waals surface area contributed by atoms with Crippen molar-refractivity contribution < 1.29 is 0 Å². The molecule has 0 amide bonds. The van der Waals surface area contributed by atoms with Gasteiger partial charge in [0.05, 0.1) is 0 Å². The molecule has 0 aliphatic heterocycles. The quantitative estimate of drug-likeness (QED) is 0.788. The van der Waals surface area contributed by atoms with Crippen molar-refractivity contribution in [3.8, 4) is 0 Å². The Bertz CT molecular complexity index is 302. The number of thioether (sulfide) groups is 1. The summed E-state index contributed by atoms with van der Waals surface area (Å²) in [5, 5.41) is 4.64. The van der Waals surface area contributed by atoms with Crippen LogP contribution < -0.4 is 5.32 Å². The van der Waals surface area contributed by atoms with E-state index in [0.29, 0.717) is 4.75 Å². The molecule has 0 bridgehead atoms. The van der Waals surface area contributed by atoms with Crippen LogP contribution in [0.15, 0.2) is 6.20 Å². The molecule has 1 rings (SSSR count). The molecule has 0 fully saturated rings. The lowest BCUT2D eigenvalue weighted by Crippen LogP contribution is -2.12. The minimum absolute atomic E-state index is 0.326. The monoisotopic (exact) mass is 258 g/mol. The van der Waals surface area contributed by atoms with Crippen LogP contribution in [0.5, 0.6) is 0 Å². The van der Waals surface area contributed by atoms with Crippen LogP contribution in [0.1, 0.15) is 44.0 Å². The zero-order valence-corrected chi connectivity index (χ0v) is 12.3. The van der Waals surface area contributed by atoms with Crippen molar-refractivity contribution in [2.75, 3.05) is 6.54 Å². The third kappa shape index (κ3) is 5.87. The van der Waals surface area contributed by atoms with Crippen LogP contribution in [0.2, 0.25) is 0 Å². The first-order valence-electron chi connectivity index (χ1n) is 5.79. The third-order valence-electron chi connectivity index (χ3n) is 1.96. The third-order valence-corrected chi connectivity index (χ3v) is 4.42. The summed E-state index contributed by atoms with van der Waals surface area (Å²) >= 11 is 3.79. The van der Waals surface area contributed by atoms with Gasteiger partial charge in [-0.3, -0.25) is 0 Å². The first-order chi connectivity index (χ1) is 7.51. The molecule has 0 aliphatic carbocycles. The van der Waals surface area contributed by atoms with Gasteiger partial charge in [-0.1, -0.05) is 27.7 Å². The topological polar surface area (TPSA) is 24.9 Å². The second-order valence-corrected chi connectivity index (χ2v) is 7.80. The van der Waals surface area contributed by atoms with E-state index in [1.54, 1.807) is 0 Å². The molecule has 0 unspecified atom stereocenters. The highest BCUT2D eigenvalue weighted by Crippen LogP contribution is 2.28. The molecule has 0 atom stereocenters. The maximum Gasteiger partial charge on any atom is 0.103 e. The average molecular weight is 258 g/mol. The Balaban J connectivity index is 2.33. The van der Waals surface area contributed by atoms with Gasteiger partial charge >= 0.3 is 0 Å². The normalized spacial score (nSPS) is 12.0. The Labute approximate surface area is 107 Å². The smallest absolute Gasteiger partial charge is 0.103 e. The predicted octanol–water partition coefficient (Wildman–Crippen LogP) is 3.67. The van der Waals surface area contributed by atoms with E-state index < -0.39 is 0 Å². The van der Waals surface area contributed by atoms with Crippen molar-refractivity contribution in [1.29, 1.82) is 0 Å². The predicted molar refractivity (Wildman–Crippen MR) is 75.2 cm³/mol. The Hall–Kier alpha value is -0.0600. The molecule has 1 aromatic rings. The highest BCUT2D eigenvalue weighted by molar-refractivity contribution is 7.99. The van der Waals surface area contributed by atoms with Gasteiger partial charge in [-0.25, -0.2) is 4.98 Å². The molecular weight excluding hydrogens is 236 g/mol. The van der Waals surface area contributed by atoms with Gasteiger partial charge in [0.2, 0.25) is 0 Å². The Morgan fingerprint density at radius 3 is 2.81 bits per heavy atom. The van der Waals surface area contributed by atoms with Crippen LogP contribution in [0.25, 0.3) is 0 Å². The van der Waals surface area contributed by atoms with Gasteiger partial charge in [-0.05, 0) is 13.0 Å². The molecule has 16 heavy (non-hydrogen) atoms. The largest absolute Gasteiger partial charge is 0.312 e. The van der Waals surface area contributed by atoms with E-state index in [9.17, 15) is 0 Å². The lowest BCUT2D eigenvalue weighted by Gasteiger charge is -2.16. The molecule has 0 radical (unpaired) electrons. The maximum absolute atomic E-state index is 4.46. The van der Waals surface area contributed by atoms with Crippen molar-refractivity contribution in [2.24, 2.45) is 0 Å². The standard InChI is InChI=1S/C12H22N2S2/c1-5-6-13-7-10-8-14-11(16-10)9-15-12(2,3)4/h8,13H,5-7,9H2,1-4H3. The second-order valence-electron chi connectivity index (χ2n) is 4.80. The van der Waals surface area contributed by atoms with E-state index in [2.05, 4.69) is 38.0 Å². The highest BCUT2D eigenvalue weighted by atomic mass is 32.2. The Morgan fingerprint density at radius 1 is 1.44 bits per heavy atom. The molecule has 1 aromatic heterocycles. The zero-order valence-electron chi connectivity index (χ0n) is 10.7. The van der Waals surface area contributed by atoms with E-state index in [0.717, 1.165) is 18.8 Å². The summed E-state index contributed by atoms with van der Waals surface area (Å²) in [5.41, 5.74) is 0. The summed E-state index contributed by atoms with van der Waals surface area (Å²) < 4.78 is 0.326. The Kier molecular flexibility index (Phi) is 5.79. The van der Waals surface area contributed by atoms with E-state index in [1.807, 2.05) is 29.3 Å². The summed E-state index contributed by atoms with van der Waals surface area (Å²) in [6, 6.07) is 0. The summed E-state index contributed by atoms with van der Waals surface area (Å²) in [7, 11) is 0. The number of aromatic nitrogens is 1. The molecule has 2 nitrogen and oxygen atoms in total. The molecule has 0 saturated carbocycles. The zero-order chi connectivity index (χ0) is 12.0. The summed E-state index contributed by atoms with van der Waals surface area (Å²) in [4.78, 5) is 5.80. The Morgan fingerprint density at radius 2 is 2.19 bits per heavy atom. The molecule has 1 N–H and O–H groups in total. The minimum atomic E-state index is 0.326. The van der Waals surface area contributed by atoms with Crippen molar-refractivity contribution in [3.05, 3.63) is 16.1 Å². The molecule has 92 valence electrons. The number of nitrogens with one attached hydrogen (secondary N) is 1. The fourth-order valence-electron chi connectivity index (χ4n) is 1.16. The maximum atomic E-state index is 4.46. The fraction of sp³-hybridized carbons (Fsp3) is 0.750. The van der Waals surface area contributed by atoms with Gasteiger partial charge in [-0.2, -0.15) is 0 Å². The summed E-state index contributed by atoms with van der Waals surface area (Å²) in [5.74, 6) is 1.03. The van der Waals surface area contributed by atoms with Crippen molar-refractivity contribution in [2.45, 2.75) is 51.2 Å². The summed E-state index contributed by atoms with van der Waals surface area (Å²) in [6.45, 7) is 11.0. The molecule has 0 spiro atoms.